The summed E-state index contributed by atoms with van der Waals surface area (Å²) in [7, 11) is 0. The first-order valence-electron chi connectivity index (χ1n) is 10.8. The van der Waals surface area contributed by atoms with Gasteiger partial charge in [0, 0.05) is 31.2 Å². The van der Waals surface area contributed by atoms with Crippen LogP contribution in [0.4, 0.5) is 0 Å². The van der Waals surface area contributed by atoms with Crippen LogP contribution < -0.4 is 16.0 Å². The van der Waals surface area contributed by atoms with Crippen LogP contribution in [0.3, 0.4) is 0 Å². The quantitative estimate of drug-likeness (QED) is 0.169. The zero-order valence-electron chi connectivity index (χ0n) is 19.4. The Morgan fingerprint density at radius 2 is 0.970 bits per heavy atom. The average molecular weight is 474 g/mol. The number of carbonyl (C=O) groups excluding carboxylic acids is 3. The van der Waals surface area contributed by atoms with Crippen LogP contribution in [0.15, 0.2) is 0 Å². The van der Waals surface area contributed by atoms with Crippen LogP contribution in [-0.2, 0) is 28.8 Å². The molecule has 0 aliphatic heterocycles. The van der Waals surface area contributed by atoms with E-state index in [0.717, 1.165) is 0 Å². The van der Waals surface area contributed by atoms with Gasteiger partial charge in [-0.1, -0.05) is 27.7 Å². The summed E-state index contributed by atoms with van der Waals surface area (Å²) in [5.41, 5.74) is 0. The van der Waals surface area contributed by atoms with Crippen LogP contribution in [0.2, 0.25) is 0 Å². The lowest BCUT2D eigenvalue weighted by molar-refractivity contribution is -0.143. The molecular formula is C21H35N3O9. The van der Waals surface area contributed by atoms with Gasteiger partial charge in [-0.15, -0.1) is 0 Å². The van der Waals surface area contributed by atoms with Gasteiger partial charge in [-0.3, -0.25) is 19.2 Å². The topological polar surface area (TPSA) is 199 Å². The Kier molecular flexibility index (Phi) is 13.6. The average Bonchev–Trinajstić information content (AvgIpc) is 2.69. The van der Waals surface area contributed by atoms with Crippen molar-refractivity contribution in [1.82, 2.24) is 16.0 Å². The zero-order chi connectivity index (χ0) is 25.7. The minimum atomic E-state index is -1.41. The summed E-state index contributed by atoms with van der Waals surface area (Å²) in [4.78, 5) is 69.8. The van der Waals surface area contributed by atoms with Crippen LogP contribution >= 0.6 is 0 Å². The number of carboxylic acids is 3. The predicted molar refractivity (Wildman–Crippen MR) is 116 cm³/mol. The van der Waals surface area contributed by atoms with Gasteiger partial charge in [-0.25, -0.2) is 9.59 Å². The van der Waals surface area contributed by atoms with Gasteiger partial charge in [0.2, 0.25) is 11.8 Å². The Hall–Kier alpha value is -3.02. The SMILES string of the molecule is CC(C)NC(CCC(=O)NC(CCC(=O)NC(CCC(=O)C(C)C)C(=O)O)C(=O)O)C(=O)O. The third-order valence-electron chi connectivity index (χ3n) is 4.74. The van der Waals surface area contributed by atoms with Crippen LogP contribution in [0.25, 0.3) is 0 Å². The molecule has 0 aliphatic rings. The number of rotatable bonds is 17. The van der Waals surface area contributed by atoms with Crippen LogP contribution in [0.1, 0.15) is 66.2 Å². The second kappa shape index (κ2) is 14.9. The van der Waals surface area contributed by atoms with E-state index in [-0.39, 0.29) is 56.3 Å². The molecule has 12 nitrogen and oxygen atoms in total. The molecule has 12 heteroatoms. The van der Waals surface area contributed by atoms with Crippen molar-refractivity contribution in [1.29, 1.82) is 0 Å². The summed E-state index contributed by atoms with van der Waals surface area (Å²) in [6.45, 7) is 6.86. The molecule has 188 valence electrons. The zero-order valence-corrected chi connectivity index (χ0v) is 19.4. The van der Waals surface area contributed by atoms with Crippen molar-refractivity contribution in [2.75, 3.05) is 0 Å². The van der Waals surface area contributed by atoms with Gasteiger partial charge in [-0.2, -0.15) is 0 Å². The molecule has 0 spiro atoms. The number of hydrogen-bond acceptors (Lipinski definition) is 7. The van der Waals surface area contributed by atoms with E-state index in [1.807, 2.05) is 0 Å². The molecule has 0 heterocycles. The number of carbonyl (C=O) groups is 6. The summed E-state index contributed by atoms with van der Waals surface area (Å²) < 4.78 is 0. The van der Waals surface area contributed by atoms with E-state index < -0.39 is 47.8 Å². The third-order valence-corrected chi connectivity index (χ3v) is 4.74. The maximum absolute atomic E-state index is 12.1. The Labute approximate surface area is 192 Å². The fourth-order valence-electron chi connectivity index (χ4n) is 2.85. The molecule has 0 aromatic heterocycles. The minimum Gasteiger partial charge on any atom is -0.480 e. The molecule has 0 aliphatic carbocycles. The van der Waals surface area contributed by atoms with E-state index in [2.05, 4.69) is 16.0 Å². The molecule has 6 N–H and O–H groups in total. The van der Waals surface area contributed by atoms with Crippen LogP contribution in [0, 0.1) is 5.92 Å². The maximum Gasteiger partial charge on any atom is 0.326 e. The molecule has 2 amide bonds. The Bertz CT molecular complexity index is 722. The van der Waals surface area contributed by atoms with Crippen molar-refractivity contribution < 1.29 is 44.1 Å². The third kappa shape index (κ3) is 13.2. The second-order valence-corrected chi connectivity index (χ2v) is 8.37. The van der Waals surface area contributed by atoms with E-state index >= 15 is 0 Å². The van der Waals surface area contributed by atoms with Gasteiger partial charge in [0.15, 0.2) is 0 Å². The second-order valence-electron chi connectivity index (χ2n) is 8.37. The number of amides is 2. The molecule has 0 saturated carbocycles. The first-order chi connectivity index (χ1) is 15.2. The first kappa shape index (κ1) is 30.0. The lowest BCUT2D eigenvalue weighted by Crippen LogP contribution is -2.45. The monoisotopic (exact) mass is 473 g/mol. The highest BCUT2D eigenvalue weighted by Gasteiger charge is 2.25. The number of hydrogen-bond donors (Lipinski definition) is 6. The van der Waals surface area contributed by atoms with E-state index in [1.165, 1.54) is 0 Å². The normalized spacial score (nSPS) is 13.8. The highest BCUT2D eigenvalue weighted by molar-refractivity contribution is 5.87. The Morgan fingerprint density at radius 3 is 1.30 bits per heavy atom. The van der Waals surface area contributed by atoms with Gasteiger partial charge in [0.05, 0.1) is 0 Å². The van der Waals surface area contributed by atoms with Crippen molar-refractivity contribution >= 4 is 35.5 Å². The van der Waals surface area contributed by atoms with E-state index in [0.29, 0.717) is 0 Å². The molecular weight excluding hydrogens is 438 g/mol. The molecule has 3 atom stereocenters. The number of Topliss-reactive ketones (excluding diaryl/α,β-unsaturated/α-hetero) is 1. The van der Waals surface area contributed by atoms with Crippen molar-refractivity contribution in [3.8, 4) is 0 Å². The summed E-state index contributed by atoms with van der Waals surface area (Å²) >= 11 is 0. The van der Waals surface area contributed by atoms with Crippen LogP contribution in [-0.4, -0.2) is 75.0 Å². The van der Waals surface area contributed by atoms with Gasteiger partial charge in [0.1, 0.15) is 23.9 Å². The summed E-state index contributed by atoms with van der Waals surface area (Å²) in [6.07, 6.45) is -1.07. The predicted octanol–water partition coefficient (Wildman–Crippen LogP) is 0.142. The number of carboxylic acid groups (broad SMARTS) is 3. The Balaban J connectivity index is 4.73. The number of aliphatic carboxylic acids is 3. The summed E-state index contributed by atoms with van der Waals surface area (Å²) in [5.74, 6) is -5.65. The maximum atomic E-state index is 12.1. The summed E-state index contributed by atoms with van der Waals surface area (Å²) in [5, 5.41) is 35.0. The molecule has 33 heavy (non-hydrogen) atoms. The molecule has 0 bridgehead atoms. The van der Waals surface area contributed by atoms with E-state index in [9.17, 15) is 39.0 Å². The Morgan fingerprint density at radius 1 is 0.606 bits per heavy atom. The molecule has 0 radical (unpaired) electrons. The van der Waals surface area contributed by atoms with E-state index in [1.54, 1.807) is 27.7 Å². The smallest absolute Gasteiger partial charge is 0.326 e. The van der Waals surface area contributed by atoms with Gasteiger partial charge < -0.3 is 31.3 Å². The van der Waals surface area contributed by atoms with Crippen LogP contribution in [0.5, 0.6) is 0 Å². The highest BCUT2D eigenvalue weighted by atomic mass is 16.4. The number of ketones is 1. The first-order valence-corrected chi connectivity index (χ1v) is 10.8. The van der Waals surface area contributed by atoms with Gasteiger partial charge in [0.25, 0.3) is 0 Å². The standard InChI is InChI=1S/C21H35N3O9/c1-11(2)16(25)8-5-14(20(30)31)23-18(27)10-7-15(21(32)33)24-17(26)9-6-13(19(28)29)22-12(3)4/h11-15,22H,5-10H2,1-4H3,(H,23,27)(H,24,26)(H,28,29)(H,30,31)(H,32,33). The largest absolute Gasteiger partial charge is 0.480 e. The fraction of sp³-hybridized carbons (Fsp3) is 0.714. The molecule has 0 rings (SSSR count). The lowest BCUT2D eigenvalue weighted by atomic mass is 10.0. The van der Waals surface area contributed by atoms with Gasteiger partial charge >= 0.3 is 17.9 Å². The fourth-order valence-corrected chi connectivity index (χ4v) is 2.85. The van der Waals surface area contributed by atoms with Crippen molar-refractivity contribution in [2.45, 2.75) is 90.4 Å². The molecule has 0 fully saturated rings. The minimum absolute atomic E-state index is 0.0221. The molecule has 0 saturated heterocycles. The lowest BCUT2D eigenvalue weighted by Gasteiger charge is -2.19. The van der Waals surface area contributed by atoms with E-state index in [4.69, 9.17) is 5.11 Å². The number of nitrogens with one attached hydrogen (secondary N) is 3. The highest BCUT2D eigenvalue weighted by Crippen LogP contribution is 2.07. The van der Waals surface area contributed by atoms with Crippen molar-refractivity contribution in [2.24, 2.45) is 5.92 Å². The van der Waals surface area contributed by atoms with Crippen molar-refractivity contribution in [3.05, 3.63) is 0 Å². The molecule has 0 aromatic carbocycles. The molecule has 0 aromatic rings. The van der Waals surface area contributed by atoms with Crippen molar-refractivity contribution in [3.63, 3.8) is 0 Å². The summed E-state index contributed by atoms with van der Waals surface area (Å²) in [6, 6.07) is -3.80. The van der Waals surface area contributed by atoms with Gasteiger partial charge in [-0.05, 0) is 19.3 Å². The molecule has 3 unspecified atom stereocenters.